The van der Waals surface area contributed by atoms with Crippen LogP contribution in [0.5, 0.6) is 0 Å². The number of aromatic nitrogens is 2. The Morgan fingerprint density at radius 1 is 1.40 bits per heavy atom. The summed E-state index contributed by atoms with van der Waals surface area (Å²) in [6.45, 7) is 5.57. The van der Waals surface area contributed by atoms with Gasteiger partial charge in [-0.05, 0) is 42.1 Å². The first-order valence-corrected chi connectivity index (χ1v) is 8.47. The van der Waals surface area contributed by atoms with E-state index in [1.165, 1.54) is 6.42 Å². The molecule has 2 rings (SSSR count). The summed E-state index contributed by atoms with van der Waals surface area (Å²) >= 11 is 3.53. The second-order valence-corrected chi connectivity index (χ2v) is 6.42. The summed E-state index contributed by atoms with van der Waals surface area (Å²) in [6, 6.07) is 0. The van der Waals surface area contributed by atoms with Gasteiger partial charge >= 0.3 is 0 Å². The average molecular weight is 345 g/mol. The number of hydrogen-bond acceptors (Lipinski definition) is 3. The van der Waals surface area contributed by atoms with Crippen molar-refractivity contribution in [2.45, 2.75) is 70.6 Å². The van der Waals surface area contributed by atoms with Crippen LogP contribution < -0.4 is 0 Å². The lowest BCUT2D eigenvalue weighted by Gasteiger charge is -2.41. The van der Waals surface area contributed by atoms with Gasteiger partial charge in [-0.25, -0.2) is 0 Å². The summed E-state index contributed by atoms with van der Waals surface area (Å²) in [4.78, 5) is 0. The minimum Gasteiger partial charge on any atom is -0.384 e. The smallest absolute Gasteiger partial charge is 0.126 e. The highest BCUT2D eigenvalue weighted by Gasteiger charge is 2.42. The van der Waals surface area contributed by atoms with Crippen molar-refractivity contribution in [1.82, 2.24) is 9.78 Å². The van der Waals surface area contributed by atoms with Crippen LogP contribution in [0.3, 0.4) is 0 Å². The quantitative estimate of drug-likeness (QED) is 0.852. The van der Waals surface area contributed by atoms with Crippen LogP contribution in [0.25, 0.3) is 0 Å². The molecular weight excluding hydrogens is 320 g/mol. The van der Waals surface area contributed by atoms with E-state index < -0.39 is 11.7 Å². The molecule has 1 N–H and O–H groups in total. The number of ether oxygens (including phenoxy) is 1. The van der Waals surface area contributed by atoms with E-state index >= 15 is 0 Å². The highest BCUT2D eigenvalue weighted by atomic mass is 79.9. The third-order valence-electron chi connectivity index (χ3n) is 4.16. The number of rotatable bonds is 6. The lowest BCUT2D eigenvalue weighted by atomic mass is 9.79. The van der Waals surface area contributed by atoms with Crippen molar-refractivity contribution in [3.63, 3.8) is 0 Å². The van der Waals surface area contributed by atoms with Gasteiger partial charge in [-0.2, -0.15) is 5.10 Å². The maximum absolute atomic E-state index is 11.0. The molecule has 1 aliphatic rings. The van der Waals surface area contributed by atoms with Crippen LogP contribution in [0.1, 0.15) is 64.2 Å². The molecule has 1 aliphatic carbocycles. The fraction of sp³-hybridized carbons (Fsp3) is 0.800. The summed E-state index contributed by atoms with van der Waals surface area (Å²) in [7, 11) is 0. The zero-order valence-corrected chi connectivity index (χ0v) is 14.0. The van der Waals surface area contributed by atoms with Gasteiger partial charge in [0.1, 0.15) is 6.10 Å². The van der Waals surface area contributed by atoms with Gasteiger partial charge in [-0.1, -0.05) is 26.2 Å². The van der Waals surface area contributed by atoms with Crippen molar-refractivity contribution in [3.05, 3.63) is 16.4 Å². The maximum atomic E-state index is 11.0. The molecule has 114 valence electrons. The van der Waals surface area contributed by atoms with Gasteiger partial charge in [0.15, 0.2) is 0 Å². The Morgan fingerprint density at radius 2 is 2.10 bits per heavy atom. The van der Waals surface area contributed by atoms with E-state index in [9.17, 15) is 5.11 Å². The van der Waals surface area contributed by atoms with Crippen LogP contribution in [-0.2, 0) is 11.3 Å². The highest BCUT2D eigenvalue weighted by Crippen LogP contribution is 2.43. The summed E-state index contributed by atoms with van der Waals surface area (Å²) in [5, 5.41) is 15.4. The predicted molar refractivity (Wildman–Crippen MR) is 82.6 cm³/mol. The first-order valence-electron chi connectivity index (χ1n) is 7.68. The lowest BCUT2D eigenvalue weighted by Crippen LogP contribution is -2.42. The van der Waals surface area contributed by atoms with Gasteiger partial charge in [0.05, 0.1) is 22.0 Å². The summed E-state index contributed by atoms with van der Waals surface area (Å²) < 4.78 is 8.82. The van der Waals surface area contributed by atoms with Crippen molar-refractivity contribution in [3.8, 4) is 0 Å². The molecule has 1 aromatic heterocycles. The molecule has 1 unspecified atom stereocenters. The van der Waals surface area contributed by atoms with Gasteiger partial charge in [-0.15, -0.1) is 0 Å². The predicted octanol–water partition coefficient (Wildman–Crippen LogP) is 3.83. The molecule has 1 aromatic rings. The van der Waals surface area contributed by atoms with E-state index in [2.05, 4.69) is 28.0 Å². The Morgan fingerprint density at radius 3 is 2.70 bits per heavy atom. The van der Waals surface area contributed by atoms with Gasteiger partial charge in [0.2, 0.25) is 0 Å². The normalized spacial score (nSPS) is 20.0. The number of nitrogens with zero attached hydrogens (tertiary/aromatic N) is 2. The molecule has 1 heterocycles. The average Bonchev–Trinajstić information content (AvgIpc) is 2.81. The van der Waals surface area contributed by atoms with Gasteiger partial charge < -0.3 is 9.84 Å². The molecule has 20 heavy (non-hydrogen) atoms. The number of halogens is 1. The molecule has 1 fully saturated rings. The third kappa shape index (κ3) is 3.10. The molecule has 0 aromatic carbocycles. The SMILES string of the molecule is CCCn1ncc(Br)c1C(O)C1(OCC)CCCCC1. The molecule has 0 amide bonds. The molecule has 0 saturated heterocycles. The summed E-state index contributed by atoms with van der Waals surface area (Å²) in [5.74, 6) is 0. The van der Waals surface area contributed by atoms with Gasteiger partial charge in [0.25, 0.3) is 0 Å². The van der Waals surface area contributed by atoms with E-state index in [1.54, 1.807) is 6.20 Å². The van der Waals surface area contributed by atoms with Crippen LogP contribution in [0.2, 0.25) is 0 Å². The van der Waals surface area contributed by atoms with E-state index in [4.69, 9.17) is 4.74 Å². The van der Waals surface area contributed by atoms with E-state index in [1.807, 2.05) is 11.6 Å². The number of aliphatic hydroxyl groups is 1. The van der Waals surface area contributed by atoms with E-state index in [-0.39, 0.29) is 0 Å². The van der Waals surface area contributed by atoms with Crippen LogP contribution in [0.4, 0.5) is 0 Å². The van der Waals surface area contributed by atoms with Crippen LogP contribution in [0.15, 0.2) is 10.7 Å². The van der Waals surface area contributed by atoms with Crippen LogP contribution >= 0.6 is 15.9 Å². The minimum absolute atomic E-state index is 0.443. The molecule has 4 nitrogen and oxygen atoms in total. The fourth-order valence-corrected chi connectivity index (χ4v) is 3.73. The monoisotopic (exact) mass is 344 g/mol. The zero-order valence-electron chi connectivity index (χ0n) is 12.4. The topological polar surface area (TPSA) is 47.3 Å². The maximum Gasteiger partial charge on any atom is 0.126 e. The van der Waals surface area contributed by atoms with Gasteiger partial charge in [0, 0.05) is 13.2 Å². The number of hydrogen-bond donors (Lipinski definition) is 1. The summed E-state index contributed by atoms with van der Waals surface area (Å²) in [6.07, 6.45) is 7.47. The standard InChI is InChI=1S/C15H25BrN2O2/c1-3-10-18-13(12(16)11-17-18)14(19)15(20-4-2)8-6-5-7-9-15/h11,14,19H,3-10H2,1-2H3. The third-order valence-corrected chi connectivity index (χ3v) is 4.77. The molecule has 0 bridgehead atoms. The molecule has 1 saturated carbocycles. The molecule has 1 atom stereocenters. The minimum atomic E-state index is -0.619. The first-order chi connectivity index (χ1) is 9.64. The van der Waals surface area contributed by atoms with E-state index in [0.717, 1.165) is 48.8 Å². The van der Waals surface area contributed by atoms with Crippen LogP contribution in [0, 0.1) is 0 Å². The molecule has 5 heteroatoms. The zero-order chi connectivity index (χ0) is 14.6. The highest BCUT2D eigenvalue weighted by molar-refractivity contribution is 9.10. The van der Waals surface area contributed by atoms with Crippen molar-refractivity contribution in [1.29, 1.82) is 0 Å². The number of aliphatic hydroxyl groups excluding tert-OH is 1. The molecule has 0 spiro atoms. The van der Waals surface area contributed by atoms with Crippen molar-refractivity contribution in [2.75, 3.05) is 6.61 Å². The Bertz CT molecular complexity index is 422. The molecule has 0 aliphatic heterocycles. The lowest BCUT2D eigenvalue weighted by molar-refractivity contribution is -0.144. The van der Waals surface area contributed by atoms with Gasteiger partial charge in [-0.3, -0.25) is 4.68 Å². The molecular formula is C15H25BrN2O2. The van der Waals surface area contributed by atoms with Crippen LogP contribution in [-0.4, -0.2) is 27.1 Å². The fourth-order valence-electron chi connectivity index (χ4n) is 3.22. The first kappa shape index (κ1) is 16.0. The van der Waals surface area contributed by atoms with E-state index in [0.29, 0.717) is 6.61 Å². The van der Waals surface area contributed by atoms with Crippen molar-refractivity contribution >= 4 is 15.9 Å². The largest absolute Gasteiger partial charge is 0.384 e. The Kier molecular flexibility index (Phi) is 5.64. The Hall–Kier alpha value is -0.390. The number of aryl methyl sites for hydroxylation is 1. The summed E-state index contributed by atoms with van der Waals surface area (Å²) in [5.41, 5.74) is 0.420. The van der Waals surface area contributed by atoms with Crippen molar-refractivity contribution < 1.29 is 9.84 Å². The molecule has 0 radical (unpaired) electrons. The Labute approximate surface area is 129 Å². The second kappa shape index (κ2) is 7.05. The van der Waals surface area contributed by atoms with Crippen molar-refractivity contribution in [2.24, 2.45) is 0 Å². The second-order valence-electron chi connectivity index (χ2n) is 5.56. The Balaban J connectivity index is 2.31.